The van der Waals surface area contributed by atoms with Gasteiger partial charge in [-0.3, -0.25) is 4.79 Å². The zero-order chi connectivity index (χ0) is 12.2. The van der Waals surface area contributed by atoms with Crippen molar-refractivity contribution in [3.8, 4) is 0 Å². The summed E-state index contributed by atoms with van der Waals surface area (Å²) < 4.78 is 25.3. The van der Waals surface area contributed by atoms with Crippen LogP contribution in [0.5, 0.6) is 0 Å². The molecule has 0 heterocycles. The molecule has 1 aromatic carbocycles. The molecule has 0 saturated carbocycles. The third kappa shape index (κ3) is 3.61. The van der Waals surface area contributed by atoms with Gasteiger partial charge < -0.3 is 0 Å². The Morgan fingerprint density at radius 2 is 2.00 bits per heavy atom. The van der Waals surface area contributed by atoms with Crippen LogP contribution in [0.15, 0.2) is 28.7 Å². The van der Waals surface area contributed by atoms with Crippen molar-refractivity contribution in [1.82, 2.24) is 4.72 Å². The van der Waals surface area contributed by atoms with Crippen LogP contribution in [0.25, 0.3) is 0 Å². The van der Waals surface area contributed by atoms with Gasteiger partial charge in [-0.15, -0.1) is 0 Å². The van der Waals surface area contributed by atoms with E-state index in [2.05, 4.69) is 15.9 Å². The highest BCUT2D eigenvalue weighted by Crippen LogP contribution is 2.15. The van der Waals surface area contributed by atoms with Crippen molar-refractivity contribution in [2.24, 2.45) is 0 Å². The molecular weight excluding hydrogens is 294 g/mol. The van der Waals surface area contributed by atoms with Gasteiger partial charge in [-0.05, 0) is 34.5 Å². The second-order valence-corrected chi connectivity index (χ2v) is 5.93. The van der Waals surface area contributed by atoms with Gasteiger partial charge in [-0.25, -0.2) is 13.1 Å². The number of sulfonamides is 1. The molecule has 6 heteroatoms. The first-order chi connectivity index (χ1) is 7.46. The molecule has 4 nitrogen and oxygen atoms in total. The third-order valence-electron chi connectivity index (χ3n) is 1.84. The summed E-state index contributed by atoms with van der Waals surface area (Å²) in [6, 6.07) is 6.66. The van der Waals surface area contributed by atoms with Gasteiger partial charge in [0.25, 0.3) is 5.91 Å². The van der Waals surface area contributed by atoms with Crippen molar-refractivity contribution in [3.63, 3.8) is 0 Å². The van der Waals surface area contributed by atoms with Crippen molar-refractivity contribution in [1.29, 1.82) is 0 Å². The smallest absolute Gasteiger partial charge is 0.265 e. The van der Waals surface area contributed by atoms with Crippen molar-refractivity contribution >= 4 is 31.9 Å². The van der Waals surface area contributed by atoms with Gasteiger partial charge in [0.2, 0.25) is 10.0 Å². The summed E-state index contributed by atoms with van der Waals surface area (Å²) in [6.07, 6.45) is 0.471. The van der Waals surface area contributed by atoms with Crippen LogP contribution in [0.1, 0.15) is 23.7 Å². The van der Waals surface area contributed by atoms with E-state index in [1.165, 1.54) is 0 Å². The molecule has 0 aromatic heterocycles. The first-order valence-corrected chi connectivity index (χ1v) is 7.20. The number of hydrogen-bond acceptors (Lipinski definition) is 3. The maximum absolute atomic E-state index is 11.6. The summed E-state index contributed by atoms with van der Waals surface area (Å²) in [5, 5.41) is 0. The Labute approximate surface area is 103 Å². The van der Waals surface area contributed by atoms with Gasteiger partial charge in [-0.2, -0.15) is 0 Å². The van der Waals surface area contributed by atoms with Crippen LogP contribution in [-0.2, 0) is 10.0 Å². The Bertz CT molecular complexity index is 485. The van der Waals surface area contributed by atoms with E-state index in [0.29, 0.717) is 16.5 Å². The lowest BCUT2D eigenvalue weighted by Crippen LogP contribution is -2.32. The Balaban J connectivity index is 2.85. The number of carbonyl (C=O) groups excluding carboxylic acids is 1. The molecular formula is C10H12BrNO3S. The number of carbonyl (C=O) groups is 1. The fourth-order valence-electron chi connectivity index (χ4n) is 1.16. The first kappa shape index (κ1) is 13.2. The van der Waals surface area contributed by atoms with Crippen molar-refractivity contribution in [2.45, 2.75) is 13.3 Å². The van der Waals surface area contributed by atoms with Crippen LogP contribution in [0.4, 0.5) is 0 Å². The van der Waals surface area contributed by atoms with Gasteiger partial charge in [0, 0.05) is 4.47 Å². The topological polar surface area (TPSA) is 63.2 Å². The average molecular weight is 306 g/mol. The van der Waals surface area contributed by atoms with E-state index < -0.39 is 15.9 Å². The Hall–Kier alpha value is -0.880. The third-order valence-corrected chi connectivity index (χ3v) is 3.97. The lowest BCUT2D eigenvalue weighted by atomic mass is 10.2. The molecule has 0 saturated heterocycles. The Morgan fingerprint density at radius 1 is 1.38 bits per heavy atom. The molecule has 1 N–H and O–H groups in total. The fraction of sp³-hybridized carbons (Fsp3) is 0.300. The molecule has 0 aliphatic heterocycles. The average Bonchev–Trinajstić information content (AvgIpc) is 2.17. The molecule has 0 atom stereocenters. The molecule has 1 aromatic rings. The predicted octanol–water partition coefficient (Wildman–Crippen LogP) is 1.92. The zero-order valence-electron chi connectivity index (χ0n) is 8.73. The number of benzene rings is 1. The van der Waals surface area contributed by atoms with Crippen molar-refractivity contribution in [2.75, 3.05) is 5.75 Å². The maximum atomic E-state index is 11.6. The SMILES string of the molecule is CCCS(=O)(=O)NC(=O)c1ccccc1Br. The highest BCUT2D eigenvalue weighted by molar-refractivity contribution is 9.10. The fourth-order valence-corrected chi connectivity index (χ4v) is 2.66. The minimum atomic E-state index is -3.52. The lowest BCUT2D eigenvalue weighted by molar-refractivity contribution is 0.0980. The molecule has 88 valence electrons. The van der Waals surface area contributed by atoms with Gasteiger partial charge >= 0.3 is 0 Å². The Kier molecular flexibility index (Phi) is 4.49. The van der Waals surface area contributed by atoms with E-state index in [0.717, 1.165) is 0 Å². The van der Waals surface area contributed by atoms with Crippen LogP contribution >= 0.6 is 15.9 Å². The predicted molar refractivity (Wildman–Crippen MR) is 65.7 cm³/mol. The summed E-state index contributed by atoms with van der Waals surface area (Å²) in [5.41, 5.74) is 0.308. The minimum absolute atomic E-state index is 0.0524. The van der Waals surface area contributed by atoms with Crippen LogP contribution in [0, 0.1) is 0 Å². The number of rotatable bonds is 4. The first-order valence-electron chi connectivity index (χ1n) is 4.75. The van der Waals surface area contributed by atoms with Crippen LogP contribution < -0.4 is 4.72 Å². The molecule has 0 bridgehead atoms. The summed E-state index contributed by atoms with van der Waals surface area (Å²) in [4.78, 5) is 11.6. The summed E-state index contributed by atoms with van der Waals surface area (Å²) in [6.45, 7) is 1.74. The van der Waals surface area contributed by atoms with Gasteiger partial charge in [-0.1, -0.05) is 19.1 Å². The van der Waals surface area contributed by atoms with E-state index in [9.17, 15) is 13.2 Å². The van der Waals surface area contributed by atoms with Gasteiger partial charge in [0.15, 0.2) is 0 Å². The van der Waals surface area contributed by atoms with Crippen LogP contribution in [-0.4, -0.2) is 20.1 Å². The van der Waals surface area contributed by atoms with E-state index in [-0.39, 0.29) is 5.75 Å². The van der Waals surface area contributed by atoms with Gasteiger partial charge in [0.05, 0.1) is 11.3 Å². The minimum Gasteiger partial charge on any atom is -0.268 e. The van der Waals surface area contributed by atoms with Crippen LogP contribution in [0.3, 0.4) is 0 Å². The second-order valence-electron chi connectivity index (χ2n) is 3.23. The van der Waals surface area contributed by atoms with Crippen molar-refractivity contribution in [3.05, 3.63) is 34.3 Å². The van der Waals surface area contributed by atoms with E-state index >= 15 is 0 Å². The lowest BCUT2D eigenvalue weighted by Gasteiger charge is -2.06. The standard InChI is InChI=1S/C10H12BrNO3S/c1-2-7-16(14,15)12-10(13)8-5-3-4-6-9(8)11/h3-6H,2,7H2,1H3,(H,12,13). The Morgan fingerprint density at radius 3 is 2.56 bits per heavy atom. The number of nitrogens with one attached hydrogen (secondary N) is 1. The second kappa shape index (κ2) is 5.45. The van der Waals surface area contributed by atoms with Crippen molar-refractivity contribution < 1.29 is 13.2 Å². The van der Waals surface area contributed by atoms with E-state index in [1.807, 2.05) is 4.72 Å². The largest absolute Gasteiger partial charge is 0.268 e. The molecule has 1 amide bonds. The summed E-state index contributed by atoms with van der Waals surface area (Å²) in [7, 11) is -3.52. The molecule has 0 radical (unpaired) electrons. The molecule has 0 spiro atoms. The number of amides is 1. The number of hydrogen-bond donors (Lipinski definition) is 1. The van der Waals surface area contributed by atoms with Crippen LogP contribution in [0.2, 0.25) is 0 Å². The van der Waals surface area contributed by atoms with E-state index in [4.69, 9.17) is 0 Å². The molecule has 1 rings (SSSR count). The molecule has 0 aliphatic carbocycles. The van der Waals surface area contributed by atoms with E-state index in [1.54, 1.807) is 31.2 Å². The monoisotopic (exact) mass is 305 g/mol. The number of halogens is 1. The zero-order valence-corrected chi connectivity index (χ0v) is 11.1. The molecule has 0 unspecified atom stereocenters. The van der Waals surface area contributed by atoms with Gasteiger partial charge in [0.1, 0.15) is 0 Å². The normalized spacial score (nSPS) is 11.1. The quantitative estimate of drug-likeness (QED) is 0.924. The highest BCUT2D eigenvalue weighted by Gasteiger charge is 2.16. The molecule has 0 aliphatic rings. The molecule has 16 heavy (non-hydrogen) atoms. The highest BCUT2D eigenvalue weighted by atomic mass is 79.9. The summed E-state index contributed by atoms with van der Waals surface area (Å²) >= 11 is 3.19. The molecule has 0 fully saturated rings. The summed E-state index contributed by atoms with van der Waals surface area (Å²) in [5.74, 6) is -0.663. The maximum Gasteiger partial charge on any atom is 0.265 e.